The zero-order chi connectivity index (χ0) is 12.3. The van der Waals surface area contributed by atoms with E-state index < -0.39 is 0 Å². The first kappa shape index (κ1) is 11.1. The van der Waals surface area contributed by atoms with Gasteiger partial charge in [-0.3, -0.25) is 9.89 Å². The number of carbonyl (C=O) groups excluding carboxylic acids is 1. The Kier molecular flexibility index (Phi) is 3.04. The van der Waals surface area contributed by atoms with Crippen LogP contribution in [0.3, 0.4) is 0 Å². The van der Waals surface area contributed by atoms with E-state index in [-0.39, 0.29) is 5.91 Å². The molecular weight excluding hydrogens is 218 g/mol. The van der Waals surface area contributed by atoms with Gasteiger partial charge in [-0.05, 0) is 12.1 Å². The van der Waals surface area contributed by atoms with Crippen LogP contribution in [0.4, 0.5) is 11.6 Å². The minimum atomic E-state index is -0.195. The van der Waals surface area contributed by atoms with Gasteiger partial charge < -0.3 is 10.2 Å². The molecule has 0 saturated heterocycles. The summed E-state index contributed by atoms with van der Waals surface area (Å²) in [7, 11) is 3.75. The standard InChI is InChI=1S/C11H13N5O/c1-16(2)10-7-8(3-5-12-10)11(17)14-9-4-6-13-15-9/h3-7H,1-2H3,(H2,13,14,15,17). The summed E-state index contributed by atoms with van der Waals surface area (Å²) in [6.45, 7) is 0. The maximum atomic E-state index is 11.9. The molecule has 0 saturated carbocycles. The summed E-state index contributed by atoms with van der Waals surface area (Å²) >= 11 is 0. The molecule has 0 spiro atoms. The van der Waals surface area contributed by atoms with Crippen molar-refractivity contribution in [2.45, 2.75) is 0 Å². The first-order chi connectivity index (χ1) is 8.16. The number of hydrogen-bond acceptors (Lipinski definition) is 4. The van der Waals surface area contributed by atoms with E-state index in [1.165, 1.54) is 0 Å². The molecule has 0 fully saturated rings. The molecular formula is C11H13N5O. The van der Waals surface area contributed by atoms with Crippen LogP contribution in [0.5, 0.6) is 0 Å². The number of hydrogen-bond donors (Lipinski definition) is 2. The number of aromatic amines is 1. The number of anilines is 2. The zero-order valence-electron chi connectivity index (χ0n) is 9.64. The molecule has 6 heteroatoms. The zero-order valence-corrected chi connectivity index (χ0v) is 9.64. The summed E-state index contributed by atoms with van der Waals surface area (Å²) in [6.07, 6.45) is 3.19. The Morgan fingerprint density at radius 2 is 2.18 bits per heavy atom. The highest BCUT2D eigenvalue weighted by Crippen LogP contribution is 2.11. The summed E-state index contributed by atoms with van der Waals surface area (Å²) in [5.74, 6) is 1.11. The number of carbonyl (C=O) groups is 1. The highest BCUT2D eigenvalue weighted by Gasteiger charge is 2.08. The fourth-order valence-corrected chi connectivity index (χ4v) is 1.32. The van der Waals surface area contributed by atoms with E-state index in [0.717, 1.165) is 5.82 Å². The molecule has 0 aliphatic carbocycles. The molecule has 2 aromatic rings. The van der Waals surface area contributed by atoms with Crippen molar-refractivity contribution in [3.63, 3.8) is 0 Å². The predicted octanol–water partition coefficient (Wildman–Crippen LogP) is 1.12. The van der Waals surface area contributed by atoms with Gasteiger partial charge in [0.1, 0.15) is 11.6 Å². The molecule has 2 rings (SSSR count). The number of nitrogens with zero attached hydrogens (tertiary/aromatic N) is 3. The molecule has 6 nitrogen and oxygen atoms in total. The van der Waals surface area contributed by atoms with Gasteiger partial charge in [0.2, 0.25) is 0 Å². The van der Waals surface area contributed by atoms with E-state index >= 15 is 0 Å². The van der Waals surface area contributed by atoms with Gasteiger partial charge in [-0.1, -0.05) is 0 Å². The Morgan fingerprint density at radius 1 is 1.35 bits per heavy atom. The Labute approximate surface area is 98.7 Å². The summed E-state index contributed by atoms with van der Waals surface area (Å²) in [4.78, 5) is 17.9. The number of amides is 1. The molecule has 0 unspecified atom stereocenters. The van der Waals surface area contributed by atoms with Crippen LogP contribution in [0.1, 0.15) is 10.4 Å². The summed E-state index contributed by atoms with van der Waals surface area (Å²) in [6, 6.07) is 5.08. The van der Waals surface area contributed by atoms with Gasteiger partial charge in [-0.25, -0.2) is 4.98 Å². The Bertz CT molecular complexity index is 506. The number of nitrogens with one attached hydrogen (secondary N) is 2. The first-order valence-corrected chi connectivity index (χ1v) is 5.11. The molecule has 0 atom stereocenters. The maximum absolute atomic E-state index is 11.9. The highest BCUT2D eigenvalue weighted by atomic mass is 16.1. The molecule has 0 aliphatic heterocycles. The summed E-state index contributed by atoms with van der Waals surface area (Å²) in [5, 5.41) is 9.12. The first-order valence-electron chi connectivity index (χ1n) is 5.11. The van der Waals surface area contributed by atoms with Crippen molar-refractivity contribution in [3.05, 3.63) is 36.2 Å². The molecule has 1 amide bonds. The number of H-pyrrole nitrogens is 1. The van der Waals surface area contributed by atoms with Crippen LogP contribution in [0.2, 0.25) is 0 Å². The monoisotopic (exact) mass is 231 g/mol. The molecule has 2 aromatic heterocycles. The molecule has 2 N–H and O–H groups in total. The lowest BCUT2D eigenvalue weighted by molar-refractivity contribution is 0.102. The van der Waals surface area contributed by atoms with Crippen LogP contribution < -0.4 is 10.2 Å². The van der Waals surface area contributed by atoms with E-state index in [0.29, 0.717) is 11.4 Å². The Morgan fingerprint density at radius 3 is 2.82 bits per heavy atom. The smallest absolute Gasteiger partial charge is 0.256 e. The van der Waals surface area contributed by atoms with Gasteiger partial charge in [0.05, 0.1) is 6.20 Å². The summed E-state index contributed by atoms with van der Waals surface area (Å²) in [5.41, 5.74) is 0.554. The van der Waals surface area contributed by atoms with Crippen LogP contribution in [-0.4, -0.2) is 35.2 Å². The van der Waals surface area contributed by atoms with Gasteiger partial charge in [0.25, 0.3) is 5.91 Å². The van der Waals surface area contributed by atoms with Crippen molar-refractivity contribution in [1.29, 1.82) is 0 Å². The van der Waals surface area contributed by atoms with Crippen molar-refractivity contribution < 1.29 is 4.79 Å². The molecule has 17 heavy (non-hydrogen) atoms. The molecule has 88 valence electrons. The van der Waals surface area contributed by atoms with Crippen molar-refractivity contribution in [2.75, 3.05) is 24.3 Å². The predicted molar refractivity (Wildman–Crippen MR) is 65.1 cm³/mol. The van der Waals surface area contributed by atoms with E-state index in [4.69, 9.17) is 0 Å². The molecule has 0 bridgehead atoms. The normalized spacial score (nSPS) is 10.0. The van der Waals surface area contributed by atoms with Crippen LogP contribution in [0.15, 0.2) is 30.6 Å². The molecule has 0 radical (unpaired) electrons. The van der Waals surface area contributed by atoms with Crippen LogP contribution in [-0.2, 0) is 0 Å². The van der Waals surface area contributed by atoms with Gasteiger partial charge in [0.15, 0.2) is 0 Å². The molecule has 0 aromatic carbocycles. The lowest BCUT2D eigenvalue weighted by Crippen LogP contribution is -2.15. The van der Waals surface area contributed by atoms with E-state index in [2.05, 4.69) is 20.5 Å². The fourth-order valence-electron chi connectivity index (χ4n) is 1.32. The van der Waals surface area contributed by atoms with Gasteiger partial charge in [-0.15, -0.1) is 0 Å². The fraction of sp³-hybridized carbons (Fsp3) is 0.182. The van der Waals surface area contributed by atoms with Crippen LogP contribution in [0, 0.1) is 0 Å². The van der Waals surface area contributed by atoms with Crippen molar-refractivity contribution >= 4 is 17.5 Å². The number of rotatable bonds is 3. The van der Waals surface area contributed by atoms with Crippen molar-refractivity contribution in [2.24, 2.45) is 0 Å². The van der Waals surface area contributed by atoms with Crippen LogP contribution >= 0.6 is 0 Å². The van der Waals surface area contributed by atoms with E-state index in [9.17, 15) is 4.79 Å². The third-order valence-electron chi connectivity index (χ3n) is 2.21. The third kappa shape index (κ3) is 2.60. The van der Waals surface area contributed by atoms with Crippen molar-refractivity contribution in [3.8, 4) is 0 Å². The average Bonchev–Trinajstić information content (AvgIpc) is 2.82. The molecule has 2 heterocycles. The minimum Gasteiger partial charge on any atom is -0.363 e. The lowest BCUT2D eigenvalue weighted by atomic mass is 10.2. The van der Waals surface area contributed by atoms with E-state index in [1.54, 1.807) is 30.6 Å². The topological polar surface area (TPSA) is 73.9 Å². The van der Waals surface area contributed by atoms with Gasteiger partial charge in [-0.2, -0.15) is 5.10 Å². The Balaban J connectivity index is 2.16. The summed E-state index contributed by atoms with van der Waals surface area (Å²) < 4.78 is 0. The number of pyridine rings is 1. The SMILES string of the molecule is CN(C)c1cc(C(=O)Nc2ccn[nH]2)ccn1. The second-order valence-electron chi connectivity index (χ2n) is 3.72. The quantitative estimate of drug-likeness (QED) is 0.830. The minimum absolute atomic E-state index is 0.195. The van der Waals surface area contributed by atoms with Gasteiger partial charge in [0, 0.05) is 31.9 Å². The van der Waals surface area contributed by atoms with Gasteiger partial charge >= 0.3 is 0 Å². The van der Waals surface area contributed by atoms with Crippen LogP contribution in [0.25, 0.3) is 0 Å². The molecule has 0 aliphatic rings. The largest absolute Gasteiger partial charge is 0.363 e. The second kappa shape index (κ2) is 4.65. The van der Waals surface area contributed by atoms with Crippen molar-refractivity contribution in [1.82, 2.24) is 15.2 Å². The second-order valence-corrected chi connectivity index (χ2v) is 3.72. The lowest BCUT2D eigenvalue weighted by Gasteiger charge is -2.11. The Hall–Kier alpha value is -2.37. The highest BCUT2D eigenvalue weighted by molar-refractivity contribution is 6.04. The van der Waals surface area contributed by atoms with E-state index in [1.807, 2.05) is 19.0 Å². The third-order valence-corrected chi connectivity index (χ3v) is 2.21. The maximum Gasteiger partial charge on any atom is 0.256 e. The average molecular weight is 231 g/mol. The number of aromatic nitrogens is 3.